The van der Waals surface area contributed by atoms with Gasteiger partial charge in [-0.1, -0.05) is 24.3 Å². The summed E-state index contributed by atoms with van der Waals surface area (Å²) in [6.45, 7) is 0.139. The number of likely N-dealkylation sites (tertiary alicyclic amines) is 1. The first-order valence-corrected chi connectivity index (χ1v) is 10.8. The number of urea groups is 1. The van der Waals surface area contributed by atoms with Gasteiger partial charge in [0.15, 0.2) is 0 Å². The van der Waals surface area contributed by atoms with E-state index in [0.29, 0.717) is 12.2 Å². The molecular formula is C25H23FN4O3. The number of pyridine rings is 1. The molecule has 3 aromatic rings. The minimum atomic E-state index is -0.383. The average molecular weight is 446 g/mol. The van der Waals surface area contributed by atoms with E-state index in [1.807, 2.05) is 30.3 Å². The van der Waals surface area contributed by atoms with Gasteiger partial charge in [0.2, 0.25) is 5.91 Å². The van der Waals surface area contributed by atoms with E-state index in [0.717, 1.165) is 16.8 Å². The number of para-hydroxylation sites is 1. The van der Waals surface area contributed by atoms with E-state index in [9.17, 15) is 19.1 Å². The van der Waals surface area contributed by atoms with Crippen molar-refractivity contribution in [3.8, 4) is 0 Å². The maximum atomic E-state index is 13.2. The van der Waals surface area contributed by atoms with E-state index in [1.54, 1.807) is 28.3 Å². The summed E-state index contributed by atoms with van der Waals surface area (Å²) in [4.78, 5) is 33.7. The van der Waals surface area contributed by atoms with Crippen LogP contribution in [0, 0.1) is 5.82 Å². The number of aliphatic hydroxyl groups is 1. The van der Waals surface area contributed by atoms with Gasteiger partial charge in [0.25, 0.3) is 0 Å². The van der Waals surface area contributed by atoms with Gasteiger partial charge in [0.1, 0.15) is 5.82 Å². The third-order valence-electron chi connectivity index (χ3n) is 6.39. The number of hydrogen-bond donors (Lipinski definition) is 2. The molecular weight excluding hydrogens is 423 g/mol. The van der Waals surface area contributed by atoms with E-state index in [-0.39, 0.29) is 48.8 Å². The molecule has 2 aliphatic rings. The highest BCUT2D eigenvalue weighted by Gasteiger charge is 2.55. The third-order valence-corrected chi connectivity index (χ3v) is 6.39. The number of benzene rings is 2. The van der Waals surface area contributed by atoms with Crippen LogP contribution >= 0.6 is 0 Å². The summed E-state index contributed by atoms with van der Waals surface area (Å²) in [5, 5.41) is 12.9. The van der Waals surface area contributed by atoms with Gasteiger partial charge >= 0.3 is 6.03 Å². The molecule has 0 unspecified atom stereocenters. The van der Waals surface area contributed by atoms with Gasteiger partial charge in [-0.3, -0.25) is 14.7 Å². The number of nitrogens with one attached hydrogen (secondary N) is 1. The van der Waals surface area contributed by atoms with Gasteiger partial charge in [-0.25, -0.2) is 9.18 Å². The standard InChI is InChI=1S/C25H23FN4O3/c26-17-7-9-18(10-8-17)28-25(33)29-14-21-24(19-5-1-2-6-20(19)29)22(15-31)30(21)23(32)12-16-4-3-11-27-13-16/h1-11,13,21-22,24,31H,12,14-15H2,(H,28,33)/t21-,22+,24+/m1/s1. The highest BCUT2D eigenvalue weighted by Crippen LogP contribution is 2.48. The number of rotatable bonds is 4. The molecule has 2 aliphatic heterocycles. The monoisotopic (exact) mass is 446 g/mol. The largest absolute Gasteiger partial charge is 0.394 e. The summed E-state index contributed by atoms with van der Waals surface area (Å²) in [6.07, 6.45) is 3.48. The lowest BCUT2D eigenvalue weighted by molar-refractivity contribution is -0.149. The lowest BCUT2D eigenvalue weighted by Crippen LogP contribution is -2.71. The molecule has 3 amide bonds. The van der Waals surface area contributed by atoms with Crippen molar-refractivity contribution in [1.29, 1.82) is 0 Å². The number of aliphatic hydroxyl groups excluding tert-OH is 1. The molecule has 0 saturated carbocycles. The Labute approximate surface area is 190 Å². The van der Waals surface area contributed by atoms with Gasteiger partial charge in [0.05, 0.1) is 25.1 Å². The first-order chi connectivity index (χ1) is 16.1. The average Bonchev–Trinajstić information content (AvgIpc) is 2.81. The summed E-state index contributed by atoms with van der Waals surface area (Å²) in [6, 6.07) is 15.8. The topological polar surface area (TPSA) is 85.8 Å². The summed E-state index contributed by atoms with van der Waals surface area (Å²) in [5.41, 5.74) is 2.95. The Morgan fingerprint density at radius 2 is 1.88 bits per heavy atom. The SMILES string of the molecule is O=C(Nc1ccc(F)cc1)N1C[C@@H]2[C@H](c3ccccc31)[C@H](CO)N2C(=O)Cc1cccnc1. The molecule has 7 nitrogen and oxygen atoms in total. The summed E-state index contributed by atoms with van der Waals surface area (Å²) in [5.74, 6) is -0.549. The van der Waals surface area contributed by atoms with Crippen molar-refractivity contribution in [2.24, 2.45) is 0 Å². The molecule has 168 valence electrons. The Balaban J connectivity index is 1.42. The Morgan fingerprint density at radius 1 is 1.09 bits per heavy atom. The van der Waals surface area contributed by atoms with E-state index < -0.39 is 0 Å². The summed E-state index contributed by atoms with van der Waals surface area (Å²) >= 11 is 0. The van der Waals surface area contributed by atoms with E-state index in [2.05, 4.69) is 10.3 Å². The van der Waals surface area contributed by atoms with Crippen LogP contribution in [0.5, 0.6) is 0 Å². The molecule has 1 fully saturated rings. The van der Waals surface area contributed by atoms with Crippen LogP contribution in [0.25, 0.3) is 0 Å². The van der Waals surface area contributed by atoms with Crippen molar-refractivity contribution < 1.29 is 19.1 Å². The fourth-order valence-electron chi connectivity index (χ4n) is 4.92. The van der Waals surface area contributed by atoms with Crippen LogP contribution < -0.4 is 10.2 Å². The highest BCUT2D eigenvalue weighted by molar-refractivity contribution is 6.03. The zero-order chi connectivity index (χ0) is 22.9. The summed E-state index contributed by atoms with van der Waals surface area (Å²) < 4.78 is 13.2. The van der Waals surface area contributed by atoms with E-state index in [4.69, 9.17) is 0 Å². The zero-order valence-corrected chi connectivity index (χ0v) is 17.8. The smallest absolute Gasteiger partial charge is 0.326 e. The fourth-order valence-corrected chi connectivity index (χ4v) is 4.92. The van der Waals surface area contributed by atoms with E-state index >= 15 is 0 Å². The molecule has 3 heterocycles. The number of carbonyl (C=O) groups excluding carboxylic acids is 2. The maximum Gasteiger partial charge on any atom is 0.326 e. The maximum absolute atomic E-state index is 13.2. The highest BCUT2D eigenvalue weighted by atomic mass is 19.1. The molecule has 8 heteroatoms. The van der Waals surface area contributed by atoms with Crippen molar-refractivity contribution in [2.45, 2.75) is 24.4 Å². The molecule has 1 saturated heterocycles. The van der Waals surface area contributed by atoms with Crippen molar-refractivity contribution in [3.05, 3.63) is 90.0 Å². The number of aromatic nitrogens is 1. The number of hydrogen-bond acceptors (Lipinski definition) is 4. The van der Waals surface area contributed by atoms with Crippen LogP contribution in [-0.4, -0.2) is 52.2 Å². The third kappa shape index (κ3) is 3.82. The minimum Gasteiger partial charge on any atom is -0.394 e. The minimum absolute atomic E-state index is 0.0566. The van der Waals surface area contributed by atoms with Gasteiger partial charge in [0, 0.05) is 36.2 Å². The first-order valence-electron chi connectivity index (χ1n) is 10.8. The number of amides is 3. The van der Waals surface area contributed by atoms with Gasteiger partial charge in [-0.15, -0.1) is 0 Å². The Hall–Kier alpha value is -3.78. The normalized spacial score (nSPS) is 21.0. The second kappa shape index (κ2) is 8.63. The zero-order valence-electron chi connectivity index (χ0n) is 17.8. The Bertz CT molecular complexity index is 1170. The second-order valence-corrected chi connectivity index (χ2v) is 8.29. The predicted molar refractivity (Wildman–Crippen MR) is 121 cm³/mol. The molecule has 0 radical (unpaired) electrons. The molecule has 0 aliphatic carbocycles. The van der Waals surface area contributed by atoms with Crippen molar-refractivity contribution >= 4 is 23.3 Å². The van der Waals surface area contributed by atoms with Crippen molar-refractivity contribution in [1.82, 2.24) is 9.88 Å². The Morgan fingerprint density at radius 3 is 2.61 bits per heavy atom. The van der Waals surface area contributed by atoms with Crippen LogP contribution in [-0.2, 0) is 11.2 Å². The van der Waals surface area contributed by atoms with Crippen molar-refractivity contribution in [2.75, 3.05) is 23.4 Å². The lowest BCUT2D eigenvalue weighted by Gasteiger charge is -2.58. The number of nitrogens with zero attached hydrogens (tertiary/aromatic N) is 3. The molecule has 2 aromatic carbocycles. The van der Waals surface area contributed by atoms with Crippen molar-refractivity contribution in [3.63, 3.8) is 0 Å². The number of carbonyl (C=O) groups is 2. The lowest BCUT2D eigenvalue weighted by atomic mass is 9.71. The first kappa shape index (κ1) is 21.1. The van der Waals surface area contributed by atoms with Crippen LogP contribution in [0.2, 0.25) is 0 Å². The molecule has 33 heavy (non-hydrogen) atoms. The van der Waals surface area contributed by atoms with Crippen LogP contribution in [0.15, 0.2) is 73.1 Å². The number of anilines is 2. The fraction of sp³-hybridized carbons (Fsp3) is 0.240. The molecule has 5 rings (SSSR count). The quantitative estimate of drug-likeness (QED) is 0.645. The van der Waals surface area contributed by atoms with Gasteiger partial charge < -0.3 is 15.3 Å². The van der Waals surface area contributed by atoms with Crippen LogP contribution in [0.1, 0.15) is 17.0 Å². The number of fused-ring (bicyclic) bond motifs is 3. The molecule has 0 bridgehead atoms. The number of halogens is 1. The second-order valence-electron chi connectivity index (χ2n) is 8.29. The van der Waals surface area contributed by atoms with Crippen LogP contribution in [0.4, 0.5) is 20.6 Å². The van der Waals surface area contributed by atoms with Gasteiger partial charge in [-0.2, -0.15) is 0 Å². The Kier molecular flexibility index (Phi) is 5.51. The molecule has 0 spiro atoms. The molecule has 2 N–H and O–H groups in total. The molecule has 3 atom stereocenters. The predicted octanol–water partition coefficient (Wildman–Crippen LogP) is 3.17. The van der Waals surface area contributed by atoms with Crippen LogP contribution in [0.3, 0.4) is 0 Å². The molecule has 1 aromatic heterocycles. The summed E-state index contributed by atoms with van der Waals surface area (Å²) in [7, 11) is 0. The van der Waals surface area contributed by atoms with Gasteiger partial charge in [-0.05, 0) is 47.5 Å². The van der Waals surface area contributed by atoms with E-state index in [1.165, 1.54) is 24.3 Å².